The Bertz CT molecular complexity index is 532. The molecule has 0 spiro atoms. The molecule has 20 heavy (non-hydrogen) atoms. The molecular weight excluding hydrogens is 262 g/mol. The van der Waals surface area contributed by atoms with Crippen LogP contribution in [0.5, 0.6) is 0 Å². The molecule has 1 fully saturated rings. The summed E-state index contributed by atoms with van der Waals surface area (Å²) >= 11 is 0. The predicted molar refractivity (Wildman–Crippen MR) is 71.7 cm³/mol. The van der Waals surface area contributed by atoms with Crippen LogP contribution in [0.3, 0.4) is 0 Å². The molecule has 0 bridgehead atoms. The number of carbonyl (C=O) groups is 2. The SMILES string of the molecule is Cc1ccc(NC(=O)N2CCOC(C(=O)O)C2)c(C)n1. The van der Waals surface area contributed by atoms with Gasteiger partial charge in [0.1, 0.15) is 0 Å². The van der Waals surface area contributed by atoms with Gasteiger partial charge in [0, 0.05) is 12.2 Å². The average molecular weight is 279 g/mol. The molecule has 2 amide bonds. The maximum absolute atomic E-state index is 12.1. The summed E-state index contributed by atoms with van der Waals surface area (Å²) in [6.07, 6.45) is -0.966. The van der Waals surface area contributed by atoms with E-state index in [1.807, 2.05) is 19.9 Å². The van der Waals surface area contributed by atoms with Crippen LogP contribution in [0.25, 0.3) is 0 Å². The van der Waals surface area contributed by atoms with Gasteiger partial charge < -0.3 is 20.1 Å². The zero-order valence-corrected chi connectivity index (χ0v) is 11.4. The van der Waals surface area contributed by atoms with Crippen molar-refractivity contribution in [3.63, 3.8) is 0 Å². The number of amides is 2. The molecule has 1 atom stereocenters. The van der Waals surface area contributed by atoms with Crippen LogP contribution in [-0.2, 0) is 9.53 Å². The number of nitrogens with one attached hydrogen (secondary N) is 1. The number of anilines is 1. The highest BCUT2D eigenvalue weighted by Crippen LogP contribution is 2.14. The third kappa shape index (κ3) is 3.24. The van der Waals surface area contributed by atoms with Crippen molar-refractivity contribution in [1.82, 2.24) is 9.88 Å². The molecule has 0 aromatic carbocycles. The van der Waals surface area contributed by atoms with Crippen molar-refractivity contribution in [2.45, 2.75) is 20.0 Å². The Hall–Kier alpha value is -2.15. The monoisotopic (exact) mass is 279 g/mol. The number of aryl methyl sites for hydroxylation is 2. The van der Waals surface area contributed by atoms with E-state index in [2.05, 4.69) is 10.3 Å². The minimum Gasteiger partial charge on any atom is -0.479 e. The minimum atomic E-state index is -1.06. The van der Waals surface area contributed by atoms with Crippen LogP contribution in [0.2, 0.25) is 0 Å². The molecule has 0 radical (unpaired) electrons. The molecule has 2 heterocycles. The Balaban J connectivity index is 2.02. The number of hydrogen-bond acceptors (Lipinski definition) is 4. The lowest BCUT2D eigenvalue weighted by molar-refractivity contribution is -0.154. The summed E-state index contributed by atoms with van der Waals surface area (Å²) in [6, 6.07) is 3.25. The molecule has 7 heteroatoms. The molecule has 0 aliphatic carbocycles. The lowest BCUT2D eigenvalue weighted by Crippen LogP contribution is -2.50. The van der Waals surface area contributed by atoms with Gasteiger partial charge in [0.05, 0.1) is 24.5 Å². The number of carbonyl (C=O) groups excluding carboxylic acids is 1. The number of carboxylic acid groups (broad SMARTS) is 1. The zero-order valence-electron chi connectivity index (χ0n) is 11.4. The number of rotatable bonds is 2. The summed E-state index contributed by atoms with van der Waals surface area (Å²) < 4.78 is 5.08. The van der Waals surface area contributed by atoms with Gasteiger partial charge in [0.2, 0.25) is 0 Å². The van der Waals surface area contributed by atoms with E-state index in [1.54, 1.807) is 6.07 Å². The largest absolute Gasteiger partial charge is 0.479 e. The summed E-state index contributed by atoms with van der Waals surface area (Å²) in [5.41, 5.74) is 2.22. The third-order valence-corrected chi connectivity index (χ3v) is 3.10. The maximum atomic E-state index is 12.1. The number of nitrogens with zero attached hydrogens (tertiary/aromatic N) is 2. The first kappa shape index (κ1) is 14.3. The summed E-state index contributed by atoms with van der Waals surface area (Å²) in [7, 11) is 0. The maximum Gasteiger partial charge on any atom is 0.334 e. The number of pyridine rings is 1. The fourth-order valence-corrected chi connectivity index (χ4v) is 2.00. The van der Waals surface area contributed by atoms with E-state index in [-0.39, 0.29) is 19.2 Å². The third-order valence-electron chi connectivity index (χ3n) is 3.10. The molecule has 0 saturated carbocycles. The van der Waals surface area contributed by atoms with E-state index >= 15 is 0 Å². The highest BCUT2D eigenvalue weighted by atomic mass is 16.5. The highest BCUT2D eigenvalue weighted by Gasteiger charge is 2.29. The predicted octanol–water partition coefficient (Wildman–Crippen LogP) is 1.02. The first-order chi connectivity index (χ1) is 9.47. The zero-order chi connectivity index (χ0) is 14.7. The number of aliphatic carboxylic acids is 1. The molecule has 108 valence electrons. The molecule has 7 nitrogen and oxygen atoms in total. The normalized spacial score (nSPS) is 18.7. The van der Waals surface area contributed by atoms with Crippen LogP contribution in [0, 0.1) is 13.8 Å². The van der Waals surface area contributed by atoms with Gasteiger partial charge >= 0.3 is 12.0 Å². The molecule has 2 N–H and O–H groups in total. The summed E-state index contributed by atoms with van der Waals surface area (Å²) in [6.45, 7) is 4.31. The van der Waals surface area contributed by atoms with E-state index in [0.717, 1.165) is 11.4 Å². The Morgan fingerprint density at radius 3 is 2.85 bits per heavy atom. The summed E-state index contributed by atoms with van der Waals surface area (Å²) in [5.74, 6) is -1.06. The van der Waals surface area contributed by atoms with Crippen LogP contribution in [0.1, 0.15) is 11.4 Å². The molecular formula is C13H17N3O4. The van der Waals surface area contributed by atoms with Crippen molar-refractivity contribution in [2.24, 2.45) is 0 Å². The topological polar surface area (TPSA) is 91.8 Å². The van der Waals surface area contributed by atoms with Crippen LogP contribution >= 0.6 is 0 Å². The molecule has 1 aliphatic rings. The second kappa shape index (κ2) is 5.87. The number of urea groups is 1. The van der Waals surface area contributed by atoms with Gasteiger partial charge in [0.15, 0.2) is 6.10 Å². The second-order valence-electron chi connectivity index (χ2n) is 4.66. The number of ether oxygens (including phenoxy) is 1. The molecule has 1 saturated heterocycles. The lowest BCUT2D eigenvalue weighted by Gasteiger charge is -2.31. The van der Waals surface area contributed by atoms with Gasteiger partial charge in [-0.2, -0.15) is 0 Å². The van der Waals surface area contributed by atoms with Crippen molar-refractivity contribution in [3.8, 4) is 0 Å². The average Bonchev–Trinajstić information content (AvgIpc) is 2.42. The summed E-state index contributed by atoms with van der Waals surface area (Å²) in [5, 5.41) is 11.7. The minimum absolute atomic E-state index is 0.0412. The quantitative estimate of drug-likeness (QED) is 0.843. The first-order valence-electron chi connectivity index (χ1n) is 6.32. The van der Waals surface area contributed by atoms with Crippen LogP contribution in [0.15, 0.2) is 12.1 Å². The van der Waals surface area contributed by atoms with Crippen LogP contribution < -0.4 is 5.32 Å². The van der Waals surface area contributed by atoms with E-state index in [0.29, 0.717) is 12.2 Å². The summed E-state index contributed by atoms with van der Waals surface area (Å²) in [4.78, 5) is 28.7. The molecule has 1 aromatic heterocycles. The van der Waals surface area contributed by atoms with Crippen molar-refractivity contribution in [2.75, 3.05) is 25.0 Å². The van der Waals surface area contributed by atoms with Crippen molar-refractivity contribution in [3.05, 3.63) is 23.5 Å². The van der Waals surface area contributed by atoms with Crippen LogP contribution in [0.4, 0.5) is 10.5 Å². The van der Waals surface area contributed by atoms with Crippen LogP contribution in [-0.4, -0.2) is 52.8 Å². The van der Waals surface area contributed by atoms with Gasteiger partial charge in [-0.05, 0) is 26.0 Å². The fourth-order valence-electron chi connectivity index (χ4n) is 2.00. The van der Waals surface area contributed by atoms with Gasteiger partial charge in [-0.25, -0.2) is 9.59 Å². The molecule has 2 rings (SSSR count). The lowest BCUT2D eigenvalue weighted by atomic mass is 10.2. The van der Waals surface area contributed by atoms with E-state index in [4.69, 9.17) is 9.84 Å². The molecule has 1 aromatic rings. The Labute approximate surface area is 116 Å². The second-order valence-corrected chi connectivity index (χ2v) is 4.66. The van der Waals surface area contributed by atoms with Gasteiger partial charge in [-0.3, -0.25) is 4.98 Å². The van der Waals surface area contributed by atoms with Gasteiger partial charge in [0.25, 0.3) is 0 Å². The highest BCUT2D eigenvalue weighted by molar-refractivity contribution is 5.90. The van der Waals surface area contributed by atoms with E-state index in [1.165, 1.54) is 4.90 Å². The van der Waals surface area contributed by atoms with Gasteiger partial charge in [-0.15, -0.1) is 0 Å². The first-order valence-corrected chi connectivity index (χ1v) is 6.32. The van der Waals surface area contributed by atoms with E-state index in [9.17, 15) is 9.59 Å². The number of carboxylic acids is 1. The van der Waals surface area contributed by atoms with Crippen molar-refractivity contribution in [1.29, 1.82) is 0 Å². The Kier molecular flexibility index (Phi) is 4.19. The number of aromatic nitrogens is 1. The standard InChI is InChI=1S/C13H17N3O4/c1-8-3-4-10(9(2)14-8)15-13(19)16-5-6-20-11(7-16)12(17)18/h3-4,11H,5-7H2,1-2H3,(H,15,19)(H,17,18). The molecule has 1 aliphatic heterocycles. The van der Waals surface area contributed by atoms with Crippen molar-refractivity contribution >= 4 is 17.7 Å². The van der Waals surface area contributed by atoms with E-state index < -0.39 is 12.1 Å². The fraction of sp³-hybridized carbons (Fsp3) is 0.462. The van der Waals surface area contributed by atoms with Crippen molar-refractivity contribution < 1.29 is 19.4 Å². The number of hydrogen-bond donors (Lipinski definition) is 2. The van der Waals surface area contributed by atoms with Gasteiger partial charge in [-0.1, -0.05) is 0 Å². The Morgan fingerprint density at radius 2 is 2.20 bits per heavy atom. The molecule has 1 unspecified atom stereocenters. The Morgan fingerprint density at radius 1 is 1.45 bits per heavy atom. The smallest absolute Gasteiger partial charge is 0.334 e. The number of morpholine rings is 1.